The lowest BCUT2D eigenvalue weighted by molar-refractivity contribution is -0.161. The van der Waals surface area contributed by atoms with Crippen molar-refractivity contribution in [1.82, 2.24) is 0 Å². The predicted molar refractivity (Wildman–Crippen MR) is 236 cm³/mol. The molecule has 0 spiro atoms. The maximum atomic E-state index is 12.6. The highest BCUT2D eigenvalue weighted by atomic mass is 31.2. The van der Waals surface area contributed by atoms with Crippen molar-refractivity contribution in [3.05, 3.63) is 97.2 Å². The number of aliphatic hydroxyl groups is 1. The van der Waals surface area contributed by atoms with Crippen LogP contribution in [0.15, 0.2) is 97.2 Å². The second-order valence-electron chi connectivity index (χ2n) is 13.9. The summed E-state index contributed by atoms with van der Waals surface area (Å²) in [5.74, 6) is -2.50. The van der Waals surface area contributed by atoms with Crippen LogP contribution < -0.4 is 5.73 Å². The Morgan fingerprint density at radius 2 is 1.10 bits per heavy atom. The smallest absolute Gasteiger partial charge is 0.472 e. The van der Waals surface area contributed by atoms with E-state index in [-0.39, 0.29) is 12.8 Å². The molecule has 59 heavy (non-hydrogen) atoms. The molecule has 0 amide bonds. The van der Waals surface area contributed by atoms with Gasteiger partial charge in [0.1, 0.15) is 12.6 Å². The number of rotatable bonds is 38. The molecule has 0 radical (unpaired) electrons. The number of esters is 2. The summed E-state index contributed by atoms with van der Waals surface area (Å²) in [5, 5.41) is 18.8. The number of ether oxygens (including phenoxy) is 2. The van der Waals surface area contributed by atoms with Crippen LogP contribution in [0, 0.1) is 0 Å². The van der Waals surface area contributed by atoms with Gasteiger partial charge in [0.15, 0.2) is 6.10 Å². The van der Waals surface area contributed by atoms with Crippen LogP contribution in [0.2, 0.25) is 0 Å². The summed E-state index contributed by atoms with van der Waals surface area (Å²) in [4.78, 5) is 45.9. The number of carbonyl (C=O) groups excluding carboxylic acids is 2. The molecule has 0 heterocycles. The first-order chi connectivity index (χ1) is 28.5. The molecule has 0 fully saturated rings. The summed E-state index contributed by atoms with van der Waals surface area (Å²) in [6, 6.07) is -1.54. The van der Waals surface area contributed by atoms with Crippen molar-refractivity contribution in [2.24, 2.45) is 5.73 Å². The summed E-state index contributed by atoms with van der Waals surface area (Å²) in [6.45, 7) is 2.38. The first-order valence-corrected chi connectivity index (χ1v) is 22.9. The van der Waals surface area contributed by atoms with Crippen molar-refractivity contribution in [2.75, 3.05) is 19.8 Å². The highest BCUT2D eigenvalue weighted by Crippen LogP contribution is 2.43. The van der Waals surface area contributed by atoms with E-state index in [4.69, 9.17) is 24.8 Å². The molecule has 0 aromatic heterocycles. The third-order valence-electron chi connectivity index (χ3n) is 8.41. The van der Waals surface area contributed by atoms with E-state index in [9.17, 15) is 28.9 Å². The van der Waals surface area contributed by atoms with E-state index in [1.807, 2.05) is 24.3 Å². The average Bonchev–Trinajstić information content (AvgIpc) is 3.20. The van der Waals surface area contributed by atoms with Gasteiger partial charge in [-0.3, -0.25) is 23.4 Å². The zero-order chi connectivity index (χ0) is 43.7. The third kappa shape index (κ3) is 39.6. The molecule has 0 aliphatic carbocycles. The van der Waals surface area contributed by atoms with E-state index in [0.717, 1.165) is 89.9 Å². The third-order valence-corrected chi connectivity index (χ3v) is 9.36. The Morgan fingerprint density at radius 1 is 0.610 bits per heavy atom. The fourth-order valence-corrected chi connectivity index (χ4v) is 5.84. The molecule has 0 saturated heterocycles. The maximum absolute atomic E-state index is 12.6. The van der Waals surface area contributed by atoms with Gasteiger partial charge in [-0.2, -0.15) is 0 Å². The molecule has 0 rings (SSSR count). The van der Waals surface area contributed by atoms with Gasteiger partial charge in [-0.25, -0.2) is 4.57 Å². The minimum Gasteiger partial charge on any atom is -0.480 e. The number of phosphoric acid groups is 1. The van der Waals surface area contributed by atoms with Crippen LogP contribution in [0.5, 0.6) is 0 Å². The van der Waals surface area contributed by atoms with Crippen molar-refractivity contribution >= 4 is 25.7 Å². The molecule has 12 nitrogen and oxygen atoms in total. The number of aliphatic hydroxyl groups excluding tert-OH is 1. The number of carbonyl (C=O) groups is 3. The van der Waals surface area contributed by atoms with Gasteiger partial charge in [-0.1, -0.05) is 137 Å². The maximum Gasteiger partial charge on any atom is 0.472 e. The van der Waals surface area contributed by atoms with E-state index in [0.29, 0.717) is 19.3 Å². The van der Waals surface area contributed by atoms with Gasteiger partial charge in [-0.05, 0) is 83.5 Å². The molecule has 5 N–H and O–H groups in total. The van der Waals surface area contributed by atoms with Crippen LogP contribution in [-0.4, -0.2) is 71.1 Å². The second-order valence-corrected chi connectivity index (χ2v) is 15.4. The molecule has 0 saturated carbocycles. The number of aliphatic carboxylic acids is 1. The summed E-state index contributed by atoms with van der Waals surface area (Å²) in [5.41, 5.74) is 5.32. The first-order valence-electron chi connectivity index (χ1n) is 21.4. The molecular weight excluding hydrogens is 773 g/mol. The average molecular weight is 848 g/mol. The largest absolute Gasteiger partial charge is 0.480 e. The van der Waals surface area contributed by atoms with Crippen LogP contribution in [-0.2, 0) is 37.5 Å². The van der Waals surface area contributed by atoms with E-state index >= 15 is 0 Å². The van der Waals surface area contributed by atoms with Crippen molar-refractivity contribution in [2.45, 2.75) is 154 Å². The van der Waals surface area contributed by atoms with Crippen molar-refractivity contribution in [3.8, 4) is 0 Å². The molecule has 2 unspecified atom stereocenters. The van der Waals surface area contributed by atoms with Crippen LogP contribution in [0.3, 0.4) is 0 Å². The zero-order valence-electron chi connectivity index (χ0n) is 35.7. The topological polar surface area (TPSA) is 192 Å². The Labute approximate surface area is 354 Å². The minimum atomic E-state index is -4.75. The molecule has 0 bridgehead atoms. The number of hydrogen-bond acceptors (Lipinski definition) is 10. The Hall–Kier alpha value is -3.64. The lowest BCUT2D eigenvalue weighted by atomic mass is 10.1. The highest BCUT2D eigenvalue weighted by Gasteiger charge is 2.28. The molecular formula is C46H74NO11P. The van der Waals surface area contributed by atoms with Crippen LogP contribution in [0.25, 0.3) is 0 Å². The number of hydrogen-bond donors (Lipinski definition) is 4. The number of unbranched alkanes of at least 4 members (excludes halogenated alkanes) is 8. The fourth-order valence-electron chi connectivity index (χ4n) is 5.07. The summed E-state index contributed by atoms with van der Waals surface area (Å²) in [6.07, 6.45) is 46.6. The Balaban J connectivity index is 4.52. The van der Waals surface area contributed by atoms with Crippen LogP contribution >= 0.6 is 7.82 Å². The Bertz CT molecular complexity index is 1380. The first kappa shape index (κ1) is 55.4. The lowest BCUT2D eigenvalue weighted by Crippen LogP contribution is -2.34. The summed E-state index contributed by atoms with van der Waals surface area (Å²) in [7, 11) is -4.75. The van der Waals surface area contributed by atoms with Crippen LogP contribution in [0.1, 0.15) is 136 Å². The number of carboxylic acids is 1. The monoisotopic (exact) mass is 847 g/mol. The lowest BCUT2D eigenvalue weighted by Gasteiger charge is -2.20. The number of carboxylic acid groups (broad SMARTS) is 1. The predicted octanol–water partition coefficient (Wildman–Crippen LogP) is 10.2. The van der Waals surface area contributed by atoms with Gasteiger partial charge in [0.25, 0.3) is 0 Å². The summed E-state index contributed by atoms with van der Waals surface area (Å²) >= 11 is 0. The minimum absolute atomic E-state index is 0.101. The van der Waals surface area contributed by atoms with Crippen molar-refractivity contribution in [3.63, 3.8) is 0 Å². The second kappa shape index (κ2) is 39.8. The number of allylic oxidation sites excluding steroid dienone is 14. The van der Waals surface area contributed by atoms with Gasteiger partial charge >= 0.3 is 25.7 Å². The number of phosphoric ester groups is 1. The standard InChI is InChI=1S/C46H74NO11P/c1-3-5-7-8-9-10-11-12-13-14-15-16-17-18-19-22-25-28-32-36-44(49)55-38-42(39-56-59(53,54)57-40-43(47)46(51)52)58-45(50)37-33-29-26-23-20-21-24-27-31-35-41(48)34-30-6-4-2/h5-7,9-10,12-13,15-16,18-19,24,27,30-31,35,41-43,48H,3-4,8,11,14,17,20-23,25-26,28-29,32-34,36-40,47H2,1-2H3,(H,51,52)(H,53,54)/b7-5-,10-9-,13-12-,16-15-,19-18-,27-24+,30-6+,35-31+/t41?,42-,43+/m1/s1. The van der Waals surface area contributed by atoms with E-state index in [1.165, 1.54) is 0 Å². The van der Waals surface area contributed by atoms with Gasteiger partial charge in [0, 0.05) is 12.8 Å². The van der Waals surface area contributed by atoms with E-state index < -0.39 is 63.8 Å². The molecule has 0 aromatic carbocycles. The normalized spacial score (nSPS) is 15.2. The SMILES string of the molecule is CC/C=C\C/C=C\C/C=C\C/C=C\C/C=C\CCCCCC(=O)OC[C@H](COP(=O)(O)OC[C@H](N)C(=O)O)OC(=O)CCCCCCC/C=C/C=C/C(O)C/C=C/CC. The number of nitrogens with two attached hydrogens (primary N) is 1. The zero-order valence-corrected chi connectivity index (χ0v) is 36.6. The molecule has 13 heteroatoms. The molecule has 4 atom stereocenters. The van der Waals surface area contributed by atoms with Gasteiger partial charge in [0.2, 0.25) is 0 Å². The summed E-state index contributed by atoms with van der Waals surface area (Å²) < 4.78 is 32.6. The van der Waals surface area contributed by atoms with E-state index in [1.54, 1.807) is 6.08 Å². The Kier molecular flexibility index (Phi) is 37.3. The van der Waals surface area contributed by atoms with E-state index in [2.05, 4.69) is 85.2 Å². The van der Waals surface area contributed by atoms with Gasteiger partial charge in [0.05, 0.1) is 19.3 Å². The van der Waals surface area contributed by atoms with Gasteiger partial charge < -0.3 is 30.3 Å². The molecule has 334 valence electrons. The van der Waals surface area contributed by atoms with Gasteiger partial charge in [-0.15, -0.1) is 0 Å². The van der Waals surface area contributed by atoms with Crippen molar-refractivity contribution < 1.29 is 52.6 Å². The quantitative estimate of drug-likeness (QED) is 0.0151. The fraction of sp³-hybridized carbons (Fsp3) is 0.587. The molecule has 0 aliphatic heterocycles. The molecule has 0 aliphatic rings. The van der Waals surface area contributed by atoms with Crippen molar-refractivity contribution in [1.29, 1.82) is 0 Å². The van der Waals surface area contributed by atoms with Crippen LogP contribution in [0.4, 0.5) is 0 Å². The Morgan fingerprint density at radius 3 is 1.71 bits per heavy atom. The highest BCUT2D eigenvalue weighted by molar-refractivity contribution is 7.47. The molecule has 0 aromatic rings.